The number of rotatable bonds is 4. The van der Waals surface area contributed by atoms with Gasteiger partial charge in [0.25, 0.3) is 11.8 Å². The molecule has 3 aromatic rings. The maximum atomic E-state index is 12.7. The predicted molar refractivity (Wildman–Crippen MR) is 92.6 cm³/mol. The zero-order valence-corrected chi connectivity index (χ0v) is 13.3. The monoisotopic (exact) mass is 330 g/mol. The van der Waals surface area contributed by atoms with E-state index in [9.17, 15) is 9.59 Å². The third-order valence-electron chi connectivity index (χ3n) is 4.00. The molecule has 0 saturated carbocycles. The highest BCUT2D eigenvalue weighted by Gasteiger charge is 2.37. The molecule has 4 rings (SSSR count). The summed E-state index contributed by atoms with van der Waals surface area (Å²) in [4.78, 5) is 30.7. The standard InChI is InChI=1S/C20H14N2O3/c23-19-15-8-1-2-9-16(15)20(24)22(19)17-10-3-4-11-18(17)25-13-14-7-5-6-12-21-14/h1-12H,13H2. The molecule has 0 spiro atoms. The van der Waals surface area contributed by atoms with Gasteiger partial charge in [-0.15, -0.1) is 0 Å². The van der Waals surface area contributed by atoms with Crippen LogP contribution in [0, 0.1) is 0 Å². The molecule has 5 heteroatoms. The van der Waals surface area contributed by atoms with Gasteiger partial charge < -0.3 is 4.74 Å². The highest BCUT2D eigenvalue weighted by atomic mass is 16.5. The Hall–Kier alpha value is -3.47. The second-order valence-electron chi connectivity index (χ2n) is 5.57. The number of benzene rings is 2. The van der Waals surface area contributed by atoms with Crippen LogP contribution in [0.25, 0.3) is 0 Å². The lowest BCUT2D eigenvalue weighted by atomic mass is 10.1. The molecule has 5 nitrogen and oxygen atoms in total. The summed E-state index contributed by atoms with van der Waals surface area (Å²) in [5.41, 5.74) is 2.02. The molecule has 0 fully saturated rings. The third kappa shape index (κ3) is 2.65. The number of para-hydroxylation sites is 2. The van der Waals surface area contributed by atoms with Crippen molar-refractivity contribution in [3.8, 4) is 5.75 Å². The van der Waals surface area contributed by atoms with E-state index < -0.39 is 0 Å². The molecule has 2 amide bonds. The van der Waals surface area contributed by atoms with Gasteiger partial charge in [-0.1, -0.05) is 30.3 Å². The summed E-state index contributed by atoms with van der Waals surface area (Å²) in [5, 5.41) is 0. The first-order valence-corrected chi connectivity index (χ1v) is 7.85. The number of hydrogen-bond acceptors (Lipinski definition) is 4. The Morgan fingerprint density at radius 2 is 1.44 bits per heavy atom. The summed E-state index contributed by atoms with van der Waals surface area (Å²) in [7, 11) is 0. The Kier molecular flexibility index (Phi) is 3.74. The number of carbonyl (C=O) groups excluding carboxylic acids is 2. The molecular formula is C20H14N2O3. The van der Waals surface area contributed by atoms with E-state index in [0.29, 0.717) is 22.6 Å². The minimum absolute atomic E-state index is 0.251. The summed E-state index contributed by atoms with van der Waals surface area (Å²) in [6, 6.07) is 19.4. The molecular weight excluding hydrogens is 316 g/mol. The van der Waals surface area contributed by atoms with Gasteiger partial charge in [-0.2, -0.15) is 0 Å². The van der Waals surface area contributed by atoms with E-state index in [1.807, 2.05) is 18.2 Å². The van der Waals surface area contributed by atoms with Gasteiger partial charge in [0.1, 0.15) is 12.4 Å². The molecule has 0 aliphatic carbocycles. The zero-order valence-electron chi connectivity index (χ0n) is 13.3. The van der Waals surface area contributed by atoms with E-state index >= 15 is 0 Å². The average molecular weight is 330 g/mol. The first-order valence-electron chi connectivity index (χ1n) is 7.85. The minimum Gasteiger partial charge on any atom is -0.485 e. The van der Waals surface area contributed by atoms with Crippen molar-refractivity contribution in [3.63, 3.8) is 0 Å². The van der Waals surface area contributed by atoms with Crippen molar-refractivity contribution in [1.29, 1.82) is 0 Å². The molecule has 0 unspecified atom stereocenters. The Balaban J connectivity index is 1.66. The van der Waals surface area contributed by atoms with Gasteiger partial charge in [0.2, 0.25) is 0 Å². The van der Waals surface area contributed by atoms with E-state index in [-0.39, 0.29) is 18.4 Å². The van der Waals surface area contributed by atoms with Crippen LogP contribution in [0.3, 0.4) is 0 Å². The maximum absolute atomic E-state index is 12.7. The smallest absolute Gasteiger partial charge is 0.266 e. The summed E-state index contributed by atoms with van der Waals surface area (Å²) >= 11 is 0. The van der Waals surface area contributed by atoms with Crippen LogP contribution in [0.2, 0.25) is 0 Å². The SMILES string of the molecule is O=C1c2ccccc2C(=O)N1c1ccccc1OCc1ccccn1. The van der Waals surface area contributed by atoms with Crippen LogP contribution < -0.4 is 9.64 Å². The molecule has 122 valence electrons. The lowest BCUT2D eigenvalue weighted by Gasteiger charge is -2.18. The van der Waals surface area contributed by atoms with Gasteiger partial charge in [0.15, 0.2) is 0 Å². The Labute approximate surface area is 144 Å². The van der Waals surface area contributed by atoms with Crippen LogP contribution in [-0.4, -0.2) is 16.8 Å². The number of hydrogen-bond donors (Lipinski definition) is 0. The minimum atomic E-state index is -0.338. The van der Waals surface area contributed by atoms with Gasteiger partial charge in [0.05, 0.1) is 22.5 Å². The predicted octanol–water partition coefficient (Wildman–Crippen LogP) is 3.46. The molecule has 0 atom stereocenters. The molecule has 0 bridgehead atoms. The fourth-order valence-corrected chi connectivity index (χ4v) is 2.81. The van der Waals surface area contributed by atoms with E-state index in [2.05, 4.69) is 4.98 Å². The van der Waals surface area contributed by atoms with Crippen LogP contribution in [0.5, 0.6) is 5.75 Å². The van der Waals surface area contributed by atoms with Gasteiger partial charge in [0, 0.05) is 6.20 Å². The van der Waals surface area contributed by atoms with Crippen LogP contribution >= 0.6 is 0 Å². The topological polar surface area (TPSA) is 59.5 Å². The van der Waals surface area contributed by atoms with Crippen LogP contribution in [0.1, 0.15) is 26.4 Å². The summed E-state index contributed by atoms with van der Waals surface area (Å²) in [5.74, 6) is -0.216. The van der Waals surface area contributed by atoms with Gasteiger partial charge in [-0.05, 0) is 36.4 Å². The molecule has 0 saturated heterocycles. The summed E-state index contributed by atoms with van der Waals surface area (Å²) in [6.45, 7) is 0.251. The van der Waals surface area contributed by atoms with Crippen LogP contribution in [0.4, 0.5) is 5.69 Å². The maximum Gasteiger partial charge on any atom is 0.266 e. The van der Waals surface area contributed by atoms with Crippen LogP contribution in [-0.2, 0) is 6.61 Å². The molecule has 2 aromatic carbocycles. The van der Waals surface area contributed by atoms with Crippen molar-refractivity contribution in [2.75, 3.05) is 4.90 Å². The Morgan fingerprint density at radius 3 is 2.12 bits per heavy atom. The first-order chi connectivity index (χ1) is 12.3. The zero-order chi connectivity index (χ0) is 17.2. The molecule has 1 aliphatic rings. The van der Waals surface area contributed by atoms with Crippen molar-refractivity contribution in [2.45, 2.75) is 6.61 Å². The molecule has 2 heterocycles. The third-order valence-corrected chi connectivity index (χ3v) is 4.00. The molecule has 0 N–H and O–H groups in total. The second kappa shape index (κ2) is 6.20. The number of aromatic nitrogens is 1. The first kappa shape index (κ1) is 15.1. The number of ether oxygens (including phenoxy) is 1. The van der Waals surface area contributed by atoms with Gasteiger partial charge >= 0.3 is 0 Å². The van der Waals surface area contributed by atoms with Crippen molar-refractivity contribution in [1.82, 2.24) is 4.98 Å². The molecule has 1 aliphatic heterocycles. The van der Waals surface area contributed by atoms with E-state index in [1.54, 1.807) is 54.7 Å². The lowest BCUT2D eigenvalue weighted by Crippen LogP contribution is -2.29. The van der Waals surface area contributed by atoms with Crippen LogP contribution in [0.15, 0.2) is 72.9 Å². The fourth-order valence-electron chi connectivity index (χ4n) is 2.81. The van der Waals surface area contributed by atoms with Crippen molar-refractivity contribution >= 4 is 17.5 Å². The van der Waals surface area contributed by atoms with Gasteiger partial charge in [-0.25, -0.2) is 4.90 Å². The lowest BCUT2D eigenvalue weighted by molar-refractivity contribution is 0.0924. The summed E-state index contributed by atoms with van der Waals surface area (Å²) < 4.78 is 5.82. The Morgan fingerprint density at radius 1 is 0.800 bits per heavy atom. The highest BCUT2D eigenvalue weighted by Crippen LogP contribution is 2.34. The number of imide groups is 1. The average Bonchev–Trinajstić information content (AvgIpc) is 2.92. The van der Waals surface area contributed by atoms with Crippen molar-refractivity contribution < 1.29 is 14.3 Å². The van der Waals surface area contributed by atoms with Gasteiger partial charge in [-0.3, -0.25) is 14.6 Å². The number of pyridine rings is 1. The quantitative estimate of drug-likeness (QED) is 0.687. The normalized spacial score (nSPS) is 13.0. The second-order valence-corrected chi connectivity index (χ2v) is 5.57. The number of anilines is 1. The highest BCUT2D eigenvalue weighted by molar-refractivity contribution is 6.34. The molecule has 0 radical (unpaired) electrons. The van der Waals surface area contributed by atoms with E-state index in [0.717, 1.165) is 5.69 Å². The number of fused-ring (bicyclic) bond motifs is 1. The number of carbonyl (C=O) groups is 2. The van der Waals surface area contributed by atoms with Crippen molar-refractivity contribution in [3.05, 3.63) is 89.7 Å². The van der Waals surface area contributed by atoms with E-state index in [4.69, 9.17) is 4.74 Å². The largest absolute Gasteiger partial charge is 0.485 e. The molecule has 1 aromatic heterocycles. The Bertz CT molecular complexity index is 919. The fraction of sp³-hybridized carbons (Fsp3) is 0.0500. The van der Waals surface area contributed by atoms with E-state index in [1.165, 1.54) is 4.90 Å². The number of amides is 2. The number of nitrogens with zero attached hydrogens (tertiary/aromatic N) is 2. The van der Waals surface area contributed by atoms with Crippen molar-refractivity contribution in [2.24, 2.45) is 0 Å². The molecule has 25 heavy (non-hydrogen) atoms. The summed E-state index contributed by atoms with van der Waals surface area (Å²) in [6.07, 6.45) is 1.69.